The van der Waals surface area contributed by atoms with Gasteiger partial charge in [-0.05, 0) is 218 Å². The van der Waals surface area contributed by atoms with Crippen LogP contribution in [-0.4, -0.2) is 109 Å². The number of carbonyl (C=O) groups is 5. The van der Waals surface area contributed by atoms with Crippen LogP contribution in [0.25, 0.3) is 16.5 Å². The molecule has 136 heavy (non-hydrogen) atoms. The predicted octanol–water partition coefficient (Wildman–Crippen LogP) is 24.2. The third kappa shape index (κ3) is 34.5. The van der Waals surface area contributed by atoms with Crippen LogP contribution in [0.2, 0.25) is 5.02 Å². The zero-order chi connectivity index (χ0) is 101. The van der Waals surface area contributed by atoms with Gasteiger partial charge in [-0.25, -0.2) is 24.0 Å². The van der Waals surface area contributed by atoms with Gasteiger partial charge in [0.05, 0.1) is 115 Å². The number of carbonyl (C=O) groups excluding carboxylic acids is 5. The molecule has 2 heterocycles. The maximum Gasteiger partial charge on any atom is 0.416 e. The number of hydrogen-bond acceptors (Lipinski definition) is 15. The van der Waals surface area contributed by atoms with Crippen LogP contribution in [0.5, 0.6) is 17.2 Å². The molecule has 5 atom stereocenters. The van der Waals surface area contributed by atoms with Crippen molar-refractivity contribution in [1.82, 2.24) is 31.5 Å². The van der Waals surface area contributed by atoms with Gasteiger partial charge in [-0.15, -0.1) is 0 Å². The Morgan fingerprint density at radius 1 is 0.537 bits per heavy atom. The molecule has 2 aliphatic heterocycles. The lowest BCUT2D eigenvalue weighted by Gasteiger charge is -2.24. The summed E-state index contributed by atoms with van der Waals surface area (Å²) in [5.74, 6) is 1.88. The predicted molar refractivity (Wildman–Crippen MR) is 464 cm³/mol. The molecular formula is C92H87ClF18N10O14S. The van der Waals surface area contributed by atoms with Crippen LogP contribution >= 0.6 is 11.6 Å². The minimum absolute atomic E-state index is 0.0204. The first-order valence-electron chi connectivity index (χ1n) is 40.3. The molecule has 12 rings (SSSR count). The molecule has 0 radical (unpaired) electrons. The first-order chi connectivity index (χ1) is 64.0. The first-order valence-corrected chi connectivity index (χ1v) is 42.1. The van der Waals surface area contributed by atoms with E-state index in [4.69, 9.17) is 40.6 Å². The molecule has 2 aliphatic rings. The quantitative estimate of drug-likeness (QED) is 0.00774. The number of alkyl carbamates (subject to hydrolysis) is 3. The first kappa shape index (κ1) is 109. The van der Waals surface area contributed by atoms with Crippen LogP contribution in [-0.2, 0) is 72.1 Å². The maximum atomic E-state index is 13.1. The lowest BCUT2D eigenvalue weighted by atomic mass is 10.0. The third-order valence-corrected chi connectivity index (χ3v) is 20.6. The van der Waals surface area contributed by atoms with E-state index < -0.39 is 142 Å². The number of urea groups is 2. The van der Waals surface area contributed by atoms with Crippen molar-refractivity contribution in [1.29, 1.82) is 0 Å². The molecule has 10 aromatic rings. The number of aliphatic hydroxyl groups is 1. The van der Waals surface area contributed by atoms with E-state index in [0.717, 1.165) is 95.7 Å². The summed E-state index contributed by atoms with van der Waals surface area (Å²) in [4.78, 5) is 64.3. The summed E-state index contributed by atoms with van der Waals surface area (Å²) >= 11 is 5.86. The SMILES string of the molecule is C=Cc1cccc(C(F)(F)F)c1.CCOC(=O)N[C@H](CN=[N+]=[N-])c1cccc(C(F)(F)F)c1.CCOC(=O)N[C@H](CO)c1cccc(C(F)(F)F)c1.CCOC(=O)N[C@H](COS(=O)(=O)c1ccc(C)cc1)c1cccc(C(F)(F)F)c1.COc1ccc(CN2C[C@H](c3cccc(C(F)(F)F)c3)NC2=O)cc1.O=C1NC[C@H](c2cccc(C(F)(F)F)c2)N1c1ccc(Oc2ccc(Cl)cc2)cc1. The van der Waals surface area contributed by atoms with Crippen LogP contribution < -0.4 is 41.0 Å². The number of nitrogens with zero attached hydrogens (tertiary/aromatic N) is 5. The van der Waals surface area contributed by atoms with Crippen LogP contribution in [0.4, 0.5) is 109 Å². The van der Waals surface area contributed by atoms with E-state index in [0.29, 0.717) is 52.0 Å². The Balaban J connectivity index is 0.000000227. The average molecular weight is 1970 g/mol. The minimum atomic E-state index is -4.60. The molecule has 0 aromatic heterocycles. The Morgan fingerprint density at radius 2 is 0.941 bits per heavy atom. The van der Waals surface area contributed by atoms with Crippen LogP contribution in [0.1, 0.15) is 129 Å². The number of azide groups is 1. The molecule has 728 valence electrons. The Hall–Kier alpha value is -13.9. The number of halogens is 19. The second-order valence-electron chi connectivity index (χ2n) is 28.7. The molecule has 2 fully saturated rings. The second kappa shape index (κ2) is 49.9. The van der Waals surface area contributed by atoms with E-state index >= 15 is 0 Å². The molecule has 0 bridgehead atoms. The Labute approximate surface area is 772 Å². The summed E-state index contributed by atoms with van der Waals surface area (Å²) in [6.45, 7) is 9.72. The average Bonchev–Trinajstić information content (AvgIpc) is 1.63. The Kier molecular flexibility index (Phi) is 40.0. The highest BCUT2D eigenvalue weighted by molar-refractivity contribution is 7.86. The molecule has 10 aromatic carbocycles. The fraction of sp³-hybridized carbons (Fsp3) is 0.272. The molecule has 0 unspecified atom stereocenters. The van der Waals surface area contributed by atoms with E-state index in [1.165, 1.54) is 71.6 Å². The zero-order valence-electron chi connectivity index (χ0n) is 72.2. The summed E-state index contributed by atoms with van der Waals surface area (Å²) in [5.41, 5.74) is 7.58. The number of aryl methyl sites for hydroxylation is 1. The van der Waals surface area contributed by atoms with Gasteiger partial charge in [0.1, 0.15) is 17.2 Å². The van der Waals surface area contributed by atoms with Gasteiger partial charge in [0.2, 0.25) is 0 Å². The van der Waals surface area contributed by atoms with E-state index in [1.807, 2.05) is 12.1 Å². The minimum Gasteiger partial charge on any atom is -0.497 e. The maximum absolute atomic E-state index is 13.1. The van der Waals surface area contributed by atoms with Gasteiger partial charge in [0, 0.05) is 35.3 Å². The van der Waals surface area contributed by atoms with Gasteiger partial charge >= 0.3 is 67.4 Å². The fourth-order valence-electron chi connectivity index (χ4n) is 12.4. The Bertz CT molecular complexity index is 5780. The zero-order valence-corrected chi connectivity index (χ0v) is 73.8. The van der Waals surface area contributed by atoms with Crippen LogP contribution in [0.3, 0.4) is 0 Å². The number of methoxy groups -OCH3 is 1. The Morgan fingerprint density at radius 3 is 1.39 bits per heavy atom. The van der Waals surface area contributed by atoms with E-state index in [-0.39, 0.29) is 66.6 Å². The molecular weight excluding hydrogens is 1880 g/mol. The normalized spacial score (nSPS) is 14.3. The lowest BCUT2D eigenvalue weighted by Crippen LogP contribution is -2.33. The largest absolute Gasteiger partial charge is 0.497 e. The molecule has 0 saturated carbocycles. The number of hydrogen-bond donors (Lipinski definition) is 6. The topological polar surface area (TPSA) is 310 Å². The van der Waals surface area contributed by atoms with Gasteiger partial charge in [-0.2, -0.15) is 87.4 Å². The third-order valence-electron chi connectivity index (χ3n) is 19.1. The lowest BCUT2D eigenvalue weighted by molar-refractivity contribution is -0.138. The molecule has 0 aliphatic carbocycles. The number of anilines is 1. The molecule has 7 amide bonds. The van der Waals surface area contributed by atoms with E-state index in [9.17, 15) is 111 Å². The van der Waals surface area contributed by atoms with Crippen molar-refractivity contribution in [3.05, 3.63) is 343 Å². The number of alkyl halides is 18. The number of ether oxygens (including phenoxy) is 5. The van der Waals surface area contributed by atoms with E-state index in [2.05, 4.69) is 52.7 Å². The van der Waals surface area contributed by atoms with Crippen LogP contribution in [0.15, 0.2) is 259 Å². The van der Waals surface area contributed by atoms with Crippen molar-refractivity contribution >= 4 is 63.8 Å². The molecule has 0 spiro atoms. The molecule has 6 N–H and O–H groups in total. The summed E-state index contributed by atoms with van der Waals surface area (Å²) in [7, 11) is -2.61. The number of rotatable bonds is 25. The van der Waals surface area contributed by atoms with Gasteiger partial charge < -0.3 is 60.3 Å². The number of amides is 7. The van der Waals surface area contributed by atoms with Crippen molar-refractivity contribution < 1.29 is 144 Å². The van der Waals surface area contributed by atoms with Crippen molar-refractivity contribution in [2.75, 3.05) is 64.7 Å². The number of aliphatic hydroxyl groups excluding tert-OH is 1. The molecule has 44 heteroatoms. The molecule has 2 saturated heterocycles. The van der Waals surface area contributed by atoms with Crippen molar-refractivity contribution in [3.8, 4) is 17.2 Å². The number of benzene rings is 10. The van der Waals surface area contributed by atoms with Gasteiger partial charge in [-0.1, -0.05) is 132 Å². The van der Waals surface area contributed by atoms with Crippen molar-refractivity contribution in [2.45, 2.75) is 106 Å². The monoisotopic (exact) mass is 1960 g/mol. The summed E-state index contributed by atoms with van der Waals surface area (Å²) in [5, 5.41) is 25.4. The fourth-order valence-corrected chi connectivity index (χ4v) is 13.5. The standard InChI is InChI=1S/C22H16ClF3N2O2.C19H20F3NO5S.C18H17F3N2O2.C12H13F3N4O2.C12H14F3NO3.C9H7F3/c23-16-4-8-18(9-5-16)30-19-10-6-17(7-11-19)28-20(13-27-21(28)29)14-2-1-3-15(12-14)22(24,25)26;1-3-27-18(24)23-17(14-5-4-6-15(11-14)19(20,21)22)12-28-29(25,26)16-9-7-13(2)8-10-16;1-25-15-7-5-12(6-8-15)10-23-11-16(22-17(23)24)13-3-2-4-14(9-13)18(19,20)21;1-2-21-11(20)18-10(7-17-19-16)8-4-3-5-9(6-8)12(13,14)15;1-2-19-11(18)16-10(7-17)8-4-3-5-9(6-8)12(13,14)15;1-2-7-4-3-5-8(6-7)9(10,11)12/h1-12,20H,13H2,(H,27,29);4-11,17H,3,12H2,1-2H3,(H,23,24);2-9,16H,10-11H2,1H3,(H,22,24);3-6,10H,2,7H2,1H3,(H,18,20);3-6,10,17H,2,7H2,1H3,(H,16,18);2-6H,1H2/t20-;17-;16-;2*10-;/m11111./s1. The van der Waals surface area contributed by atoms with Crippen molar-refractivity contribution in [2.24, 2.45) is 5.11 Å². The van der Waals surface area contributed by atoms with Crippen LogP contribution in [0, 0.1) is 6.92 Å². The summed E-state index contributed by atoms with van der Waals surface area (Å²) in [6, 6.07) is 50.2. The summed E-state index contributed by atoms with van der Waals surface area (Å²) in [6.07, 6.45) is -27.8. The highest BCUT2D eigenvalue weighted by Gasteiger charge is 2.40. The van der Waals surface area contributed by atoms with Gasteiger partial charge in [0.15, 0.2) is 0 Å². The second-order valence-corrected chi connectivity index (χ2v) is 30.7. The smallest absolute Gasteiger partial charge is 0.416 e. The van der Waals surface area contributed by atoms with Crippen molar-refractivity contribution in [3.63, 3.8) is 0 Å². The van der Waals surface area contributed by atoms with Gasteiger partial charge in [0.25, 0.3) is 10.1 Å². The van der Waals surface area contributed by atoms with E-state index in [1.54, 1.807) is 131 Å². The molecule has 24 nitrogen and oxygen atoms in total. The van der Waals surface area contributed by atoms with Gasteiger partial charge in [-0.3, -0.25) is 9.08 Å². The highest BCUT2D eigenvalue weighted by atomic mass is 35.5. The summed E-state index contributed by atoms with van der Waals surface area (Å²) < 4.78 is 283. The number of nitrogens with one attached hydrogen (secondary N) is 5. The highest BCUT2D eigenvalue weighted by Crippen LogP contribution is 2.40.